The molecule has 3 N–H and O–H groups in total. The molecular weight excluding hydrogens is 270 g/mol. The molecule has 2 amide bonds. The van der Waals surface area contributed by atoms with Crippen LogP contribution in [-0.4, -0.2) is 21.6 Å². The van der Waals surface area contributed by atoms with Crippen molar-refractivity contribution in [1.29, 1.82) is 0 Å². The van der Waals surface area contributed by atoms with Gasteiger partial charge in [0.25, 0.3) is 11.8 Å². The van der Waals surface area contributed by atoms with Crippen molar-refractivity contribution in [2.45, 2.75) is 0 Å². The first-order valence-corrected chi connectivity index (χ1v) is 5.48. The minimum Gasteiger partial charge on any atom is -0.365 e. The molecule has 0 atom stereocenters. The molecule has 6 nitrogen and oxygen atoms in total. The number of rotatable bonds is 3. The standard InChI is InChI=1S/C12H10F2N4O2/c1-18-11(8(5-16-18)10(15)19)17-12(20)7-3-2-6(13)4-9(7)14/h2-5H,1H3,(H2,15,19)(H,17,20). The van der Waals surface area contributed by atoms with Crippen molar-refractivity contribution in [2.75, 3.05) is 5.32 Å². The zero-order valence-corrected chi connectivity index (χ0v) is 10.4. The fraction of sp³-hybridized carbons (Fsp3) is 0.0833. The highest BCUT2D eigenvalue weighted by atomic mass is 19.1. The Bertz CT molecular complexity index is 697. The largest absolute Gasteiger partial charge is 0.365 e. The number of hydrogen-bond donors (Lipinski definition) is 2. The van der Waals surface area contributed by atoms with Gasteiger partial charge < -0.3 is 11.1 Å². The first kappa shape index (κ1) is 13.7. The van der Waals surface area contributed by atoms with Crippen molar-refractivity contribution in [3.8, 4) is 0 Å². The summed E-state index contributed by atoms with van der Waals surface area (Å²) in [7, 11) is 1.48. The van der Waals surface area contributed by atoms with E-state index in [1.807, 2.05) is 0 Å². The van der Waals surface area contributed by atoms with Crippen LogP contribution in [0.3, 0.4) is 0 Å². The van der Waals surface area contributed by atoms with Gasteiger partial charge in [-0.05, 0) is 12.1 Å². The number of carbonyl (C=O) groups is 2. The number of nitrogens with one attached hydrogen (secondary N) is 1. The Morgan fingerprint density at radius 1 is 1.30 bits per heavy atom. The van der Waals surface area contributed by atoms with Crippen LogP contribution in [0.5, 0.6) is 0 Å². The molecule has 0 aliphatic rings. The van der Waals surface area contributed by atoms with Crippen molar-refractivity contribution in [1.82, 2.24) is 9.78 Å². The normalized spacial score (nSPS) is 10.3. The van der Waals surface area contributed by atoms with Gasteiger partial charge in [-0.1, -0.05) is 0 Å². The van der Waals surface area contributed by atoms with Gasteiger partial charge in [0.1, 0.15) is 23.0 Å². The van der Waals surface area contributed by atoms with Crippen LogP contribution in [0.1, 0.15) is 20.7 Å². The average Bonchev–Trinajstić information content (AvgIpc) is 2.71. The summed E-state index contributed by atoms with van der Waals surface area (Å²) in [4.78, 5) is 23.1. The SMILES string of the molecule is Cn1ncc(C(N)=O)c1NC(=O)c1ccc(F)cc1F. The lowest BCUT2D eigenvalue weighted by Gasteiger charge is -2.07. The predicted octanol–water partition coefficient (Wildman–Crippen LogP) is 1.05. The lowest BCUT2D eigenvalue weighted by Crippen LogP contribution is -2.20. The van der Waals surface area contributed by atoms with E-state index in [1.54, 1.807) is 0 Å². The van der Waals surface area contributed by atoms with Gasteiger partial charge in [-0.25, -0.2) is 8.78 Å². The summed E-state index contributed by atoms with van der Waals surface area (Å²) in [6, 6.07) is 2.55. The third-order valence-electron chi connectivity index (χ3n) is 2.61. The van der Waals surface area contributed by atoms with Crippen LogP contribution in [0.25, 0.3) is 0 Å². The summed E-state index contributed by atoms with van der Waals surface area (Å²) >= 11 is 0. The molecule has 1 aromatic carbocycles. The van der Waals surface area contributed by atoms with Crippen LogP contribution in [0.15, 0.2) is 24.4 Å². The van der Waals surface area contributed by atoms with E-state index < -0.39 is 23.4 Å². The number of halogens is 2. The fourth-order valence-corrected chi connectivity index (χ4v) is 1.61. The van der Waals surface area contributed by atoms with Crippen LogP contribution in [-0.2, 0) is 7.05 Å². The number of aryl methyl sites for hydroxylation is 1. The minimum absolute atomic E-state index is 0.0108. The molecule has 0 aliphatic heterocycles. The number of carbonyl (C=O) groups excluding carboxylic acids is 2. The number of nitrogens with zero attached hydrogens (tertiary/aromatic N) is 2. The van der Waals surface area contributed by atoms with Gasteiger partial charge in [-0.15, -0.1) is 0 Å². The minimum atomic E-state index is -1.01. The zero-order chi connectivity index (χ0) is 14.9. The van der Waals surface area contributed by atoms with Gasteiger partial charge in [0.15, 0.2) is 0 Å². The molecule has 2 aromatic rings. The lowest BCUT2D eigenvalue weighted by atomic mass is 10.2. The van der Waals surface area contributed by atoms with Crippen molar-refractivity contribution >= 4 is 17.6 Å². The van der Waals surface area contributed by atoms with Gasteiger partial charge in [0, 0.05) is 13.1 Å². The summed E-state index contributed by atoms with van der Waals surface area (Å²) in [5.41, 5.74) is 4.76. The topological polar surface area (TPSA) is 90.0 Å². The molecule has 0 radical (unpaired) electrons. The molecule has 1 aromatic heterocycles. The number of primary amides is 1. The Morgan fingerprint density at radius 3 is 2.60 bits per heavy atom. The van der Waals surface area contributed by atoms with E-state index in [0.29, 0.717) is 6.07 Å². The molecule has 0 bridgehead atoms. The summed E-state index contributed by atoms with van der Waals surface area (Å²) in [5, 5.41) is 6.08. The molecule has 20 heavy (non-hydrogen) atoms. The molecular formula is C12H10F2N4O2. The Morgan fingerprint density at radius 2 is 2.00 bits per heavy atom. The number of anilines is 1. The van der Waals surface area contributed by atoms with E-state index in [9.17, 15) is 18.4 Å². The van der Waals surface area contributed by atoms with Gasteiger partial charge in [0.05, 0.1) is 11.8 Å². The number of nitrogens with two attached hydrogens (primary N) is 1. The highest BCUT2D eigenvalue weighted by molar-refractivity contribution is 6.08. The van der Waals surface area contributed by atoms with E-state index in [0.717, 1.165) is 12.1 Å². The maximum Gasteiger partial charge on any atom is 0.259 e. The second-order valence-electron chi connectivity index (χ2n) is 3.97. The highest BCUT2D eigenvalue weighted by Gasteiger charge is 2.19. The molecule has 0 aliphatic carbocycles. The average molecular weight is 280 g/mol. The number of amides is 2. The van der Waals surface area contributed by atoms with Gasteiger partial charge in [-0.3, -0.25) is 14.3 Å². The smallest absolute Gasteiger partial charge is 0.259 e. The van der Waals surface area contributed by atoms with E-state index in [2.05, 4.69) is 10.4 Å². The molecule has 104 valence electrons. The third kappa shape index (κ3) is 2.48. The summed E-state index contributed by atoms with van der Waals surface area (Å²) < 4.78 is 27.5. The summed E-state index contributed by atoms with van der Waals surface area (Å²) in [6.07, 6.45) is 1.18. The molecule has 2 rings (SSSR count). The van der Waals surface area contributed by atoms with Crippen molar-refractivity contribution in [3.05, 3.63) is 47.2 Å². The van der Waals surface area contributed by atoms with Gasteiger partial charge in [-0.2, -0.15) is 5.10 Å². The molecule has 8 heteroatoms. The number of benzene rings is 1. The lowest BCUT2D eigenvalue weighted by molar-refractivity contribution is 0.100. The number of aromatic nitrogens is 2. The molecule has 0 saturated heterocycles. The first-order chi connectivity index (χ1) is 9.40. The van der Waals surface area contributed by atoms with E-state index in [-0.39, 0.29) is 16.9 Å². The second kappa shape index (κ2) is 5.08. The van der Waals surface area contributed by atoms with Crippen LogP contribution in [0, 0.1) is 11.6 Å². The molecule has 0 fully saturated rings. The Labute approximate surface area is 112 Å². The maximum absolute atomic E-state index is 13.5. The van der Waals surface area contributed by atoms with Crippen LogP contribution in [0.4, 0.5) is 14.6 Å². The second-order valence-corrected chi connectivity index (χ2v) is 3.97. The molecule has 0 spiro atoms. The van der Waals surface area contributed by atoms with Crippen molar-refractivity contribution in [3.63, 3.8) is 0 Å². The van der Waals surface area contributed by atoms with Crippen LogP contribution in [0.2, 0.25) is 0 Å². The summed E-state index contributed by atoms with van der Waals surface area (Å²) in [6.45, 7) is 0. The maximum atomic E-state index is 13.5. The Kier molecular flexibility index (Phi) is 3.47. The Balaban J connectivity index is 2.33. The molecule has 1 heterocycles. The quantitative estimate of drug-likeness (QED) is 0.880. The Hall–Kier alpha value is -2.77. The van der Waals surface area contributed by atoms with E-state index in [1.165, 1.54) is 17.9 Å². The monoisotopic (exact) mass is 280 g/mol. The van der Waals surface area contributed by atoms with E-state index in [4.69, 9.17) is 5.73 Å². The van der Waals surface area contributed by atoms with Gasteiger partial charge in [0.2, 0.25) is 0 Å². The summed E-state index contributed by atoms with van der Waals surface area (Å²) in [5.74, 6) is -3.39. The number of hydrogen-bond acceptors (Lipinski definition) is 3. The van der Waals surface area contributed by atoms with E-state index >= 15 is 0 Å². The van der Waals surface area contributed by atoms with Crippen LogP contribution >= 0.6 is 0 Å². The fourth-order valence-electron chi connectivity index (χ4n) is 1.61. The highest BCUT2D eigenvalue weighted by Crippen LogP contribution is 2.16. The van der Waals surface area contributed by atoms with Gasteiger partial charge >= 0.3 is 0 Å². The molecule has 0 saturated carbocycles. The zero-order valence-electron chi connectivity index (χ0n) is 10.4. The molecule has 0 unspecified atom stereocenters. The van der Waals surface area contributed by atoms with Crippen molar-refractivity contribution in [2.24, 2.45) is 12.8 Å². The van der Waals surface area contributed by atoms with Crippen molar-refractivity contribution < 1.29 is 18.4 Å². The first-order valence-electron chi connectivity index (χ1n) is 5.48. The van der Waals surface area contributed by atoms with Crippen LogP contribution < -0.4 is 11.1 Å². The predicted molar refractivity (Wildman–Crippen MR) is 66.0 cm³/mol. The third-order valence-corrected chi connectivity index (χ3v) is 2.61.